The molecule has 0 saturated heterocycles. The third kappa shape index (κ3) is 5.51. The van der Waals surface area contributed by atoms with Crippen LogP contribution in [0.2, 0.25) is 0 Å². The Morgan fingerprint density at radius 2 is 1.90 bits per heavy atom. The number of carbonyl (C=O) groups excluding carboxylic acids is 1. The Hall–Kier alpha value is -1.71. The maximum atomic E-state index is 11.9. The number of aromatic hydroxyl groups is 1. The average molecular weight is 279 g/mol. The van der Waals surface area contributed by atoms with E-state index in [1.54, 1.807) is 12.1 Å². The van der Waals surface area contributed by atoms with E-state index in [1.165, 1.54) is 38.9 Å². The first-order valence-electron chi connectivity index (χ1n) is 7.34. The van der Waals surface area contributed by atoms with Gasteiger partial charge in [-0.1, -0.05) is 39.0 Å². The fourth-order valence-corrected chi connectivity index (χ4v) is 2.03. The molecule has 0 unspecified atom stereocenters. The fourth-order valence-electron chi connectivity index (χ4n) is 2.03. The molecule has 0 heterocycles. The molecule has 0 saturated carbocycles. The standard InChI is InChI=1S/C16H25NO3/c1-3-4-5-6-7-8-11-17-16(19)14-12-13(20-2)9-10-15(14)18/h9-10,12,18H,3-8,11H2,1-2H3,(H,17,19). The van der Waals surface area contributed by atoms with Gasteiger partial charge in [-0.05, 0) is 24.6 Å². The minimum absolute atomic E-state index is 0.0220. The summed E-state index contributed by atoms with van der Waals surface area (Å²) in [5.41, 5.74) is 0.260. The fraction of sp³-hybridized carbons (Fsp3) is 0.562. The van der Waals surface area contributed by atoms with Crippen LogP contribution < -0.4 is 10.1 Å². The minimum Gasteiger partial charge on any atom is -0.507 e. The van der Waals surface area contributed by atoms with E-state index in [-0.39, 0.29) is 17.2 Å². The summed E-state index contributed by atoms with van der Waals surface area (Å²) in [6, 6.07) is 4.64. The molecule has 2 N–H and O–H groups in total. The molecule has 0 atom stereocenters. The van der Waals surface area contributed by atoms with Crippen molar-refractivity contribution in [2.45, 2.75) is 45.4 Å². The maximum Gasteiger partial charge on any atom is 0.255 e. The highest BCUT2D eigenvalue weighted by Crippen LogP contribution is 2.22. The predicted molar refractivity (Wildman–Crippen MR) is 80.4 cm³/mol. The molecule has 4 nitrogen and oxygen atoms in total. The van der Waals surface area contributed by atoms with E-state index in [0.29, 0.717) is 12.3 Å². The summed E-state index contributed by atoms with van der Waals surface area (Å²) in [6.07, 6.45) is 7.11. The van der Waals surface area contributed by atoms with Crippen molar-refractivity contribution in [1.82, 2.24) is 5.32 Å². The van der Waals surface area contributed by atoms with Crippen molar-refractivity contribution in [3.8, 4) is 11.5 Å². The molecule has 1 aromatic carbocycles. The number of phenolic OH excluding ortho intramolecular Hbond substituents is 1. The summed E-state index contributed by atoms with van der Waals surface area (Å²) < 4.78 is 5.05. The lowest BCUT2D eigenvalue weighted by Crippen LogP contribution is -2.24. The van der Waals surface area contributed by atoms with Crippen LogP contribution in [-0.4, -0.2) is 24.7 Å². The molecule has 20 heavy (non-hydrogen) atoms. The molecule has 1 rings (SSSR count). The number of methoxy groups -OCH3 is 1. The van der Waals surface area contributed by atoms with Gasteiger partial charge in [0.05, 0.1) is 12.7 Å². The quantitative estimate of drug-likeness (QED) is 0.680. The van der Waals surface area contributed by atoms with E-state index in [9.17, 15) is 9.90 Å². The molecule has 0 radical (unpaired) electrons. The lowest BCUT2D eigenvalue weighted by molar-refractivity contribution is 0.0950. The number of rotatable bonds is 9. The van der Waals surface area contributed by atoms with Gasteiger partial charge in [-0.15, -0.1) is 0 Å². The number of phenols is 1. The second kappa shape index (κ2) is 9.23. The second-order valence-electron chi connectivity index (χ2n) is 4.91. The van der Waals surface area contributed by atoms with Crippen molar-refractivity contribution in [2.75, 3.05) is 13.7 Å². The largest absolute Gasteiger partial charge is 0.507 e. The first kappa shape index (κ1) is 16.3. The first-order valence-corrected chi connectivity index (χ1v) is 7.34. The van der Waals surface area contributed by atoms with Crippen molar-refractivity contribution in [1.29, 1.82) is 0 Å². The van der Waals surface area contributed by atoms with E-state index in [1.807, 2.05) is 0 Å². The molecule has 0 aromatic heterocycles. The highest BCUT2D eigenvalue weighted by atomic mass is 16.5. The van der Waals surface area contributed by atoms with Crippen molar-refractivity contribution >= 4 is 5.91 Å². The summed E-state index contributed by atoms with van der Waals surface area (Å²) in [6.45, 7) is 2.84. The van der Waals surface area contributed by atoms with Crippen molar-refractivity contribution in [3.63, 3.8) is 0 Å². The lowest BCUT2D eigenvalue weighted by Gasteiger charge is -2.08. The normalized spacial score (nSPS) is 10.3. The van der Waals surface area contributed by atoms with E-state index in [0.717, 1.165) is 12.8 Å². The number of carbonyl (C=O) groups is 1. The average Bonchev–Trinajstić information content (AvgIpc) is 2.46. The van der Waals surface area contributed by atoms with Gasteiger partial charge in [-0.3, -0.25) is 4.79 Å². The van der Waals surface area contributed by atoms with Crippen molar-refractivity contribution < 1.29 is 14.6 Å². The Balaban J connectivity index is 2.32. The highest BCUT2D eigenvalue weighted by Gasteiger charge is 2.11. The Kier molecular flexibility index (Phi) is 7.55. The van der Waals surface area contributed by atoms with Gasteiger partial charge >= 0.3 is 0 Å². The third-order valence-corrected chi connectivity index (χ3v) is 3.26. The van der Waals surface area contributed by atoms with Gasteiger partial charge in [-0.25, -0.2) is 0 Å². The molecule has 0 spiro atoms. The Morgan fingerprint density at radius 3 is 2.60 bits per heavy atom. The van der Waals surface area contributed by atoms with Gasteiger partial charge in [0.2, 0.25) is 0 Å². The monoisotopic (exact) mass is 279 g/mol. The third-order valence-electron chi connectivity index (χ3n) is 3.26. The molecule has 0 aliphatic heterocycles. The molecule has 0 fully saturated rings. The number of hydrogen-bond donors (Lipinski definition) is 2. The molecule has 0 aliphatic carbocycles. The summed E-state index contributed by atoms with van der Waals surface area (Å²) in [7, 11) is 1.53. The molecule has 1 aromatic rings. The van der Waals surface area contributed by atoms with Gasteiger partial charge < -0.3 is 15.2 Å². The highest BCUT2D eigenvalue weighted by molar-refractivity contribution is 5.97. The van der Waals surface area contributed by atoms with Crippen molar-refractivity contribution in [2.24, 2.45) is 0 Å². The van der Waals surface area contributed by atoms with Crippen LogP contribution in [0.3, 0.4) is 0 Å². The summed E-state index contributed by atoms with van der Waals surface area (Å²) >= 11 is 0. The number of benzene rings is 1. The van der Waals surface area contributed by atoms with Gasteiger partial charge in [0, 0.05) is 6.54 Å². The van der Waals surface area contributed by atoms with Crippen LogP contribution in [0.5, 0.6) is 11.5 Å². The number of hydrogen-bond acceptors (Lipinski definition) is 3. The molecular formula is C16H25NO3. The van der Waals surface area contributed by atoms with Gasteiger partial charge in [-0.2, -0.15) is 0 Å². The Labute approximate surface area is 121 Å². The van der Waals surface area contributed by atoms with Crippen LogP contribution in [0, 0.1) is 0 Å². The van der Waals surface area contributed by atoms with Crippen LogP contribution in [0.15, 0.2) is 18.2 Å². The number of nitrogens with one attached hydrogen (secondary N) is 1. The zero-order valence-corrected chi connectivity index (χ0v) is 12.4. The Bertz CT molecular complexity index is 418. The Morgan fingerprint density at radius 1 is 1.20 bits per heavy atom. The second-order valence-corrected chi connectivity index (χ2v) is 4.91. The van der Waals surface area contributed by atoms with Crippen LogP contribution >= 0.6 is 0 Å². The number of ether oxygens (including phenoxy) is 1. The zero-order chi connectivity index (χ0) is 14.8. The van der Waals surface area contributed by atoms with Crippen LogP contribution in [0.1, 0.15) is 55.8 Å². The number of unbranched alkanes of at least 4 members (excludes halogenated alkanes) is 5. The molecule has 1 amide bonds. The summed E-state index contributed by atoms with van der Waals surface area (Å²) in [5.74, 6) is 0.286. The maximum absolute atomic E-state index is 11.9. The molecule has 4 heteroatoms. The summed E-state index contributed by atoms with van der Waals surface area (Å²) in [5, 5.41) is 12.5. The molecule has 0 aliphatic rings. The molecular weight excluding hydrogens is 254 g/mol. The molecule has 112 valence electrons. The van der Waals surface area contributed by atoms with Crippen LogP contribution in [0.25, 0.3) is 0 Å². The topological polar surface area (TPSA) is 58.6 Å². The zero-order valence-electron chi connectivity index (χ0n) is 12.4. The van der Waals surface area contributed by atoms with E-state index in [4.69, 9.17) is 4.74 Å². The number of amides is 1. The van der Waals surface area contributed by atoms with Crippen LogP contribution in [0.4, 0.5) is 0 Å². The lowest BCUT2D eigenvalue weighted by atomic mass is 10.1. The summed E-state index contributed by atoms with van der Waals surface area (Å²) in [4.78, 5) is 11.9. The van der Waals surface area contributed by atoms with E-state index >= 15 is 0 Å². The SMILES string of the molecule is CCCCCCCCNC(=O)c1cc(OC)ccc1O. The molecule has 0 bridgehead atoms. The van der Waals surface area contributed by atoms with Gasteiger partial charge in [0.15, 0.2) is 0 Å². The first-order chi connectivity index (χ1) is 9.69. The van der Waals surface area contributed by atoms with E-state index < -0.39 is 0 Å². The van der Waals surface area contributed by atoms with Crippen LogP contribution in [-0.2, 0) is 0 Å². The van der Waals surface area contributed by atoms with Gasteiger partial charge in [0.25, 0.3) is 5.91 Å². The van der Waals surface area contributed by atoms with E-state index in [2.05, 4.69) is 12.2 Å². The van der Waals surface area contributed by atoms with Gasteiger partial charge in [0.1, 0.15) is 11.5 Å². The smallest absolute Gasteiger partial charge is 0.255 e. The predicted octanol–water partition coefficient (Wildman–Crippen LogP) is 3.49. The van der Waals surface area contributed by atoms with Crippen molar-refractivity contribution in [3.05, 3.63) is 23.8 Å². The minimum atomic E-state index is -0.255.